The van der Waals surface area contributed by atoms with Gasteiger partial charge in [-0.15, -0.1) is 0 Å². The van der Waals surface area contributed by atoms with E-state index < -0.39 is 0 Å². The Kier molecular flexibility index (Phi) is 3.27. The minimum absolute atomic E-state index is 0.251. The molecule has 0 saturated carbocycles. The van der Waals surface area contributed by atoms with Crippen molar-refractivity contribution in [3.63, 3.8) is 0 Å². The number of benzene rings is 1. The molecule has 3 rings (SSSR count). The molecular formula is C15H13BrClNO. The van der Waals surface area contributed by atoms with Crippen molar-refractivity contribution in [3.8, 4) is 5.69 Å². The van der Waals surface area contributed by atoms with E-state index in [0.717, 1.165) is 40.0 Å². The quantitative estimate of drug-likeness (QED) is 0.737. The number of hydrogen-bond donors (Lipinski definition) is 0. The van der Waals surface area contributed by atoms with Gasteiger partial charge in [0.1, 0.15) is 0 Å². The summed E-state index contributed by atoms with van der Waals surface area (Å²) in [4.78, 5) is 12.0. The third kappa shape index (κ3) is 2.05. The molecular weight excluding hydrogens is 326 g/mol. The maximum atomic E-state index is 12.0. The molecule has 1 aliphatic carbocycles. The van der Waals surface area contributed by atoms with Crippen molar-refractivity contribution in [1.82, 2.24) is 4.57 Å². The maximum absolute atomic E-state index is 12.0. The Morgan fingerprint density at radius 2 is 2.11 bits per heavy atom. The van der Waals surface area contributed by atoms with Crippen LogP contribution in [0.15, 0.2) is 28.7 Å². The molecule has 0 atom stereocenters. The number of nitrogens with zero attached hydrogens (tertiary/aromatic N) is 1. The van der Waals surface area contributed by atoms with Crippen LogP contribution in [0.1, 0.15) is 34.6 Å². The predicted molar refractivity (Wildman–Crippen MR) is 80.5 cm³/mol. The lowest BCUT2D eigenvalue weighted by Crippen LogP contribution is -2.13. The van der Waals surface area contributed by atoms with Gasteiger partial charge in [0.25, 0.3) is 0 Å². The zero-order valence-corrected chi connectivity index (χ0v) is 12.9. The Morgan fingerprint density at radius 3 is 2.89 bits per heavy atom. The number of carbonyl (C=O) groups is 1. The molecule has 0 saturated heterocycles. The predicted octanol–water partition coefficient (Wildman–Crippen LogP) is 4.72. The highest BCUT2D eigenvalue weighted by molar-refractivity contribution is 9.10. The lowest BCUT2D eigenvalue weighted by molar-refractivity contribution is 0.0972. The van der Waals surface area contributed by atoms with Gasteiger partial charge in [0.2, 0.25) is 0 Å². The molecule has 2 nitrogen and oxygen atoms in total. The van der Waals surface area contributed by atoms with Gasteiger partial charge < -0.3 is 4.57 Å². The highest BCUT2D eigenvalue weighted by atomic mass is 79.9. The third-order valence-electron chi connectivity index (χ3n) is 3.58. The van der Waals surface area contributed by atoms with Crippen molar-refractivity contribution in [2.45, 2.75) is 26.2 Å². The summed E-state index contributed by atoms with van der Waals surface area (Å²) in [6, 6.07) is 7.79. The molecule has 0 bridgehead atoms. The molecule has 0 unspecified atom stereocenters. The fourth-order valence-corrected chi connectivity index (χ4v) is 3.34. The summed E-state index contributed by atoms with van der Waals surface area (Å²) in [6.45, 7) is 2.03. The highest BCUT2D eigenvalue weighted by Gasteiger charge is 2.24. The summed E-state index contributed by atoms with van der Waals surface area (Å²) in [5.41, 5.74) is 4.05. The molecule has 0 N–H and O–H groups in total. The van der Waals surface area contributed by atoms with Gasteiger partial charge in [-0.3, -0.25) is 4.79 Å². The van der Waals surface area contributed by atoms with E-state index in [1.54, 1.807) is 0 Å². The molecule has 1 aliphatic rings. The zero-order valence-electron chi connectivity index (χ0n) is 10.5. The summed E-state index contributed by atoms with van der Waals surface area (Å²) in [5.74, 6) is 0.251. The van der Waals surface area contributed by atoms with Crippen molar-refractivity contribution in [2.75, 3.05) is 0 Å². The van der Waals surface area contributed by atoms with E-state index in [9.17, 15) is 4.79 Å². The maximum Gasteiger partial charge on any atom is 0.164 e. The molecule has 1 aromatic heterocycles. The van der Waals surface area contributed by atoms with E-state index in [4.69, 9.17) is 11.6 Å². The zero-order chi connectivity index (χ0) is 13.6. The second-order valence-corrected chi connectivity index (χ2v) is 6.03. The van der Waals surface area contributed by atoms with Crippen LogP contribution in [-0.2, 0) is 6.42 Å². The van der Waals surface area contributed by atoms with Gasteiger partial charge in [-0.2, -0.15) is 0 Å². The largest absolute Gasteiger partial charge is 0.316 e. The molecule has 4 heteroatoms. The first-order chi connectivity index (χ1) is 9.09. The van der Waals surface area contributed by atoms with Crippen LogP contribution in [0, 0.1) is 6.92 Å². The summed E-state index contributed by atoms with van der Waals surface area (Å²) in [7, 11) is 0. The second kappa shape index (κ2) is 4.80. The van der Waals surface area contributed by atoms with E-state index in [0.29, 0.717) is 11.4 Å². The molecule has 0 spiro atoms. The Bertz CT molecular complexity index is 675. The standard InChI is InChI=1S/C15H13BrClNO/c1-9-8-10-12(5-3-7-14(10)19)18(9)13-6-2-4-11(17)15(13)16/h2,4,6,8H,3,5,7H2,1H3. The van der Waals surface area contributed by atoms with E-state index >= 15 is 0 Å². The fourth-order valence-electron chi connectivity index (χ4n) is 2.73. The molecule has 2 aromatic rings. The summed E-state index contributed by atoms with van der Waals surface area (Å²) in [6.07, 6.45) is 2.52. The number of Topliss-reactive ketones (excluding diaryl/α,β-unsaturated/α-hetero) is 1. The third-order valence-corrected chi connectivity index (χ3v) is 4.95. The summed E-state index contributed by atoms with van der Waals surface area (Å²) in [5, 5.41) is 0.682. The number of fused-ring (bicyclic) bond motifs is 1. The van der Waals surface area contributed by atoms with E-state index in [1.165, 1.54) is 0 Å². The SMILES string of the molecule is Cc1cc2c(n1-c1cccc(Cl)c1Br)CCCC2=O. The first-order valence-electron chi connectivity index (χ1n) is 6.28. The minimum Gasteiger partial charge on any atom is -0.316 e. The Labute approximate surface area is 125 Å². The number of hydrogen-bond acceptors (Lipinski definition) is 1. The van der Waals surface area contributed by atoms with Crippen LogP contribution < -0.4 is 0 Å². The molecule has 0 radical (unpaired) electrons. The molecule has 0 aliphatic heterocycles. The van der Waals surface area contributed by atoms with Crippen molar-refractivity contribution in [3.05, 3.63) is 50.7 Å². The average molecular weight is 339 g/mol. The van der Waals surface area contributed by atoms with Gasteiger partial charge in [-0.05, 0) is 53.9 Å². The number of carbonyl (C=O) groups excluding carboxylic acids is 1. The minimum atomic E-state index is 0.251. The number of aryl methyl sites for hydroxylation is 1. The normalized spacial score (nSPS) is 14.6. The van der Waals surface area contributed by atoms with Gasteiger partial charge in [-0.1, -0.05) is 17.7 Å². The van der Waals surface area contributed by atoms with Gasteiger partial charge in [-0.25, -0.2) is 0 Å². The Morgan fingerprint density at radius 1 is 1.32 bits per heavy atom. The number of aromatic nitrogens is 1. The number of rotatable bonds is 1. The monoisotopic (exact) mass is 337 g/mol. The van der Waals surface area contributed by atoms with Crippen LogP contribution in [0.4, 0.5) is 0 Å². The van der Waals surface area contributed by atoms with E-state index in [1.807, 2.05) is 31.2 Å². The highest BCUT2D eigenvalue weighted by Crippen LogP contribution is 2.34. The summed E-state index contributed by atoms with van der Waals surface area (Å²) < 4.78 is 3.01. The van der Waals surface area contributed by atoms with Crippen LogP contribution in [0.3, 0.4) is 0 Å². The van der Waals surface area contributed by atoms with Gasteiger partial charge in [0, 0.05) is 23.4 Å². The van der Waals surface area contributed by atoms with Gasteiger partial charge >= 0.3 is 0 Å². The van der Waals surface area contributed by atoms with Crippen molar-refractivity contribution in [2.24, 2.45) is 0 Å². The first-order valence-corrected chi connectivity index (χ1v) is 7.45. The molecule has 98 valence electrons. The lowest BCUT2D eigenvalue weighted by atomic mass is 9.96. The fraction of sp³-hybridized carbons (Fsp3) is 0.267. The summed E-state index contributed by atoms with van der Waals surface area (Å²) >= 11 is 9.71. The first kappa shape index (κ1) is 12.9. The van der Waals surface area contributed by atoms with Crippen molar-refractivity contribution in [1.29, 1.82) is 0 Å². The van der Waals surface area contributed by atoms with Crippen LogP contribution in [0.5, 0.6) is 0 Å². The second-order valence-electron chi connectivity index (χ2n) is 4.83. The average Bonchev–Trinajstić information content (AvgIpc) is 2.71. The van der Waals surface area contributed by atoms with Gasteiger partial charge in [0.05, 0.1) is 15.2 Å². The Hall–Kier alpha value is -1.06. The van der Waals surface area contributed by atoms with Crippen LogP contribution in [-0.4, -0.2) is 10.4 Å². The lowest BCUT2D eigenvalue weighted by Gasteiger charge is -2.17. The molecule has 0 amide bonds. The van der Waals surface area contributed by atoms with Crippen molar-refractivity contribution >= 4 is 33.3 Å². The van der Waals surface area contributed by atoms with Gasteiger partial charge in [0.15, 0.2) is 5.78 Å². The van der Waals surface area contributed by atoms with Crippen LogP contribution in [0.25, 0.3) is 5.69 Å². The smallest absolute Gasteiger partial charge is 0.164 e. The number of halogens is 2. The van der Waals surface area contributed by atoms with E-state index in [2.05, 4.69) is 20.5 Å². The van der Waals surface area contributed by atoms with E-state index in [-0.39, 0.29) is 5.78 Å². The molecule has 0 fully saturated rings. The van der Waals surface area contributed by atoms with Crippen molar-refractivity contribution < 1.29 is 4.79 Å². The number of ketones is 1. The van der Waals surface area contributed by atoms with Crippen LogP contribution >= 0.6 is 27.5 Å². The molecule has 1 aromatic carbocycles. The topological polar surface area (TPSA) is 22.0 Å². The Balaban J connectivity index is 2.26. The molecule has 1 heterocycles. The van der Waals surface area contributed by atoms with Crippen LogP contribution in [0.2, 0.25) is 5.02 Å². The molecule has 19 heavy (non-hydrogen) atoms.